The van der Waals surface area contributed by atoms with Crippen molar-refractivity contribution in [1.82, 2.24) is 5.32 Å². The van der Waals surface area contributed by atoms with Crippen molar-refractivity contribution in [3.63, 3.8) is 0 Å². The van der Waals surface area contributed by atoms with Crippen LogP contribution >= 0.6 is 0 Å². The molecule has 0 aliphatic carbocycles. The molecule has 1 aromatic rings. The number of carbonyl (C=O) groups is 1. The predicted molar refractivity (Wildman–Crippen MR) is 60.4 cm³/mol. The molecule has 0 atom stereocenters. The molecule has 0 aliphatic rings. The number of hydrogen-bond acceptors (Lipinski definition) is 4. The Balaban J connectivity index is 2.56. The Hall–Kier alpha value is -1.72. The second-order valence-electron chi connectivity index (χ2n) is 3.08. The molecule has 0 aromatic heterocycles. The molecule has 1 rings (SSSR count). The summed E-state index contributed by atoms with van der Waals surface area (Å²) in [5, 5.41) is 10.9. The first kappa shape index (κ1) is 12.4. The average Bonchev–Trinajstić information content (AvgIpc) is 2.30. The molecule has 0 heterocycles. The van der Waals surface area contributed by atoms with Crippen LogP contribution in [0.25, 0.3) is 0 Å². The van der Waals surface area contributed by atoms with Crippen molar-refractivity contribution >= 4 is 12.1 Å². The van der Waals surface area contributed by atoms with Crippen LogP contribution < -0.4 is 5.32 Å². The highest BCUT2D eigenvalue weighted by atomic mass is 17.1. The normalized spacial score (nSPS) is 10.6. The summed E-state index contributed by atoms with van der Waals surface area (Å²) in [5.41, 5.74) is 1.35. The van der Waals surface area contributed by atoms with E-state index >= 15 is 0 Å². The summed E-state index contributed by atoms with van der Waals surface area (Å²) in [6.45, 7) is 2.18. The Morgan fingerprint density at radius 3 is 2.75 bits per heavy atom. The first-order valence-corrected chi connectivity index (χ1v) is 4.86. The Morgan fingerprint density at radius 2 is 2.19 bits per heavy atom. The molecule has 1 aromatic carbocycles. The number of nitrogens with one attached hydrogen (secondary N) is 1. The summed E-state index contributed by atoms with van der Waals surface area (Å²) in [4.78, 5) is 19.4. The Kier molecular flexibility index (Phi) is 5.18. The van der Waals surface area contributed by atoms with Crippen molar-refractivity contribution in [2.45, 2.75) is 13.5 Å². The van der Waals surface area contributed by atoms with Crippen LogP contribution in [0, 0.1) is 0 Å². The SMILES string of the molecule is CC=NCNC(=O)c1ccc(COO)cc1. The van der Waals surface area contributed by atoms with Gasteiger partial charge in [0.15, 0.2) is 0 Å². The van der Waals surface area contributed by atoms with Gasteiger partial charge in [-0.2, -0.15) is 0 Å². The molecular weight excluding hydrogens is 208 g/mol. The van der Waals surface area contributed by atoms with E-state index in [4.69, 9.17) is 5.26 Å². The number of nitrogens with zero attached hydrogens (tertiary/aromatic N) is 1. The Morgan fingerprint density at radius 1 is 1.50 bits per heavy atom. The van der Waals surface area contributed by atoms with Crippen LogP contribution in [0.15, 0.2) is 29.3 Å². The minimum absolute atomic E-state index is 0.113. The standard InChI is InChI=1S/C11H14N2O3/c1-2-12-8-13-11(14)10-5-3-9(4-6-10)7-16-15/h2-6,15H,7-8H2,1H3,(H,13,14). The van der Waals surface area contributed by atoms with E-state index in [1.165, 1.54) is 0 Å². The van der Waals surface area contributed by atoms with E-state index in [1.807, 2.05) is 0 Å². The van der Waals surface area contributed by atoms with Gasteiger partial charge in [-0.25, -0.2) is 4.89 Å². The molecule has 1 amide bonds. The van der Waals surface area contributed by atoms with Crippen molar-refractivity contribution < 1.29 is 14.9 Å². The van der Waals surface area contributed by atoms with Gasteiger partial charge < -0.3 is 5.32 Å². The van der Waals surface area contributed by atoms with Crippen molar-refractivity contribution in [1.29, 1.82) is 0 Å². The van der Waals surface area contributed by atoms with E-state index in [2.05, 4.69) is 15.2 Å². The van der Waals surface area contributed by atoms with E-state index in [-0.39, 0.29) is 19.2 Å². The highest BCUT2D eigenvalue weighted by molar-refractivity contribution is 5.94. The summed E-state index contributed by atoms with van der Waals surface area (Å²) in [5.74, 6) is -0.179. The molecule has 86 valence electrons. The van der Waals surface area contributed by atoms with E-state index in [0.717, 1.165) is 5.56 Å². The third-order valence-electron chi connectivity index (χ3n) is 1.96. The fourth-order valence-electron chi connectivity index (χ4n) is 1.14. The Bertz CT molecular complexity index is 360. The molecular formula is C11H14N2O3. The fourth-order valence-corrected chi connectivity index (χ4v) is 1.14. The Labute approximate surface area is 93.7 Å². The minimum atomic E-state index is -0.179. The first-order chi connectivity index (χ1) is 7.77. The zero-order chi connectivity index (χ0) is 11.8. The zero-order valence-corrected chi connectivity index (χ0v) is 9.01. The minimum Gasteiger partial charge on any atom is -0.333 e. The van der Waals surface area contributed by atoms with Crippen LogP contribution in [0.2, 0.25) is 0 Å². The largest absolute Gasteiger partial charge is 0.333 e. The zero-order valence-electron chi connectivity index (χ0n) is 9.01. The van der Waals surface area contributed by atoms with Gasteiger partial charge in [-0.05, 0) is 30.8 Å². The lowest BCUT2D eigenvalue weighted by molar-refractivity contribution is -0.253. The van der Waals surface area contributed by atoms with Gasteiger partial charge in [-0.15, -0.1) is 0 Å². The molecule has 0 radical (unpaired) electrons. The molecule has 0 bridgehead atoms. The number of amides is 1. The summed E-state index contributed by atoms with van der Waals surface area (Å²) in [6.07, 6.45) is 1.63. The monoisotopic (exact) mass is 222 g/mol. The van der Waals surface area contributed by atoms with Crippen molar-refractivity contribution in [3.05, 3.63) is 35.4 Å². The van der Waals surface area contributed by atoms with Crippen LogP contribution in [0.3, 0.4) is 0 Å². The summed E-state index contributed by atoms with van der Waals surface area (Å²) in [6, 6.07) is 6.77. The van der Waals surface area contributed by atoms with Crippen LogP contribution in [0.5, 0.6) is 0 Å². The van der Waals surface area contributed by atoms with Crippen molar-refractivity contribution in [2.75, 3.05) is 6.67 Å². The van der Waals surface area contributed by atoms with Gasteiger partial charge in [0.1, 0.15) is 13.3 Å². The van der Waals surface area contributed by atoms with Gasteiger partial charge in [-0.1, -0.05) is 12.1 Å². The third-order valence-corrected chi connectivity index (χ3v) is 1.96. The highest BCUT2D eigenvalue weighted by Gasteiger charge is 2.03. The number of hydrogen-bond donors (Lipinski definition) is 2. The number of benzene rings is 1. The average molecular weight is 222 g/mol. The van der Waals surface area contributed by atoms with E-state index < -0.39 is 0 Å². The molecule has 16 heavy (non-hydrogen) atoms. The summed E-state index contributed by atoms with van der Waals surface area (Å²) in [7, 11) is 0. The maximum Gasteiger partial charge on any atom is 0.252 e. The second kappa shape index (κ2) is 6.71. The van der Waals surface area contributed by atoms with E-state index in [9.17, 15) is 4.79 Å². The third kappa shape index (κ3) is 3.80. The van der Waals surface area contributed by atoms with Crippen LogP contribution in [0.1, 0.15) is 22.8 Å². The van der Waals surface area contributed by atoms with Crippen LogP contribution in [-0.2, 0) is 11.5 Å². The lowest BCUT2D eigenvalue weighted by atomic mass is 10.1. The van der Waals surface area contributed by atoms with E-state index in [0.29, 0.717) is 5.56 Å². The van der Waals surface area contributed by atoms with Gasteiger partial charge in [0.2, 0.25) is 0 Å². The molecule has 5 heteroatoms. The molecule has 0 aliphatic heterocycles. The molecule has 0 fully saturated rings. The lowest BCUT2D eigenvalue weighted by Gasteiger charge is -2.03. The molecule has 0 saturated heterocycles. The number of aliphatic imine (C=N–C) groups is 1. The summed E-state index contributed by atoms with van der Waals surface area (Å²) >= 11 is 0. The van der Waals surface area contributed by atoms with Crippen LogP contribution in [0.4, 0.5) is 0 Å². The van der Waals surface area contributed by atoms with Gasteiger partial charge in [0.05, 0.1) is 0 Å². The molecule has 0 unspecified atom stereocenters. The summed E-state index contributed by atoms with van der Waals surface area (Å²) < 4.78 is 0. The van der Waals surface area contributed by atoms with Crippen LogP contribution in [-0.4, -0.2) is 24.0 Å². The van der Waals surface area contributed by atoms with Crippen molar-refractivity contribution in [3.8, 4) is 0 Å². The highest BCUT2D eigenvalue weighted by Crippen LogP contribution is 2.05. The van der Waals surface area contributed by atoms with E-state index in [1.54, 1.807) is 37.4 Å². The molecule has 5 nitrogen and oxygen atoms in total. The lowest BCUT2D eigenvalue weighted by Crippen LogP contribution is -2.23. The number of rotatable bonds is 5. The van der Waals surface area contributed by atoms with Crippen molar-refractivity contribution in [2.24, 2.45) is 4.99 Å². The number of carbonyl (C=O) groups excluding carboxylic acids is 1. The maximum absolute atomic E-state index is 11.5. The topological polar surface area (TPSA) is 70.9 Å². The maximum atomic E-state index is 11.5. The van der Waals surface area contributed by atoms with Gasteiger partial charge in [0, 0.05) is 5.56 Å². The fraction of sp³-hybridized carbons (Fsp3) is 0.273. The quantitative estimate of drug-likeness (QED) is 0.450. The molecule has 0 spiro atoms. The first-order valence-electron chi connectivity index (χ1n) is 4.86. The second-order valence-corrected chi connectivity index (χ2v) is 3.08. The van der Waals surface area contributed by atoms with Gasteiger partial charge in [0.25, 0.3) is 5.91 Å². The molecule has 2 N–H and O–H groups in total. The van der Waals surface area contributed by atoms with Gasteiger partial charge in [-0.3, -0.25) is 15.0 Å². The smallest absolute Gasteiger partial charge is 0.252 e. The predicted octanol–water partition coefficient (Wildman–Crippen LogP) is 1.45. The van der Waals surface area contributed by atoms with Gasteiger partial charge >= 0.3 is 0 Å². The molecule has 0 saturated carbocycles.